The van der Waals surface area contributed by atoms with Crippen LogP contribution in [0.2, 0.25) is 0 Å². The molecule has 0 aromatic heterocycles. The van der Waals surface area contributed by atoms with Crippen molar-refractivity contribution in [2.24, 2.45) is 0 Å². The molecule has 206 valence electrons. The van der Waals surface area contributed by atoms with Gasteiger partial charge in [0.25, 0.3) is 0 Å². The van der Waals surface area contributed by atoms with Crippen molar-refractivity contribution in [2.75, 3.05) is 0 Å². The smallest absolute Gasteiger partial charge is 0.303 e. The van der Waals surface area contributed by atoms with Crippen molar-refractivity contribution in [1.29, 1.82) is 0 Å². The molecule has 0 fully saturated rings. The molecule has 0 spiro atoms. The Morgan fingerprint density at radius 3 is 1.31 bits per heavy atom. The lowest BCUT2D eigenvalue weighted by Crippen LogP contribution is -2.02. The molecule has 0 aliphatic heterocycles. The minimum absolute atomic E-state index is 0.303. The molecule has 0 amide bonds. The Balaban J connectivity index is 2.49. The fraction of sp³-hybridized carbons (Fsp3) is 0.750. The van der Waals surface area contributed by atoms with Crippen LogP contribution >= 0.6 is 0 Å². The first-order valence-electron chi connectivity index (χ1n) is 15.1. The van der Waals surface area contributed by atoms with E-state index in [9.17, 15) is 9.59 Å². The van der Waals surface area contributed by atoms with E-state index in [0.717, 1.165) is 44.9 Å². The summed E-state index contributed by atoms with van der Waals surface area (Å²) in [6, 6.07) is 6.97. The molecule has 0 atom stereocenters. The molecule has 0 aliphatic rings. The third-order valence-electron chi connectivity index (χ3n) is 7.32. The van der Waals surface area contributed by atoms with Crippen LogP contribution in [-0.4, -0.2) is 22.2 Å². The monoisotopic (exact) mass is 502 g/mol. The van der Waals surface area contributed by atoms with Gasteiger partial charge in [-0.2, -0.15) is 0 Å². The van der Waals surface area contributed by atoms with E-state index in [1.807, 2.05) is 0 Å². The van der Waals surface area contributed by atoms with E-state index in [0.29, 0.717) is 12.8 Å². The van der Waals surface area contributed by atoms with Crippen LogP contribution in [0.25, 0.3) is 0 Å². The number of carboxylic acids is 2. The van der Waals surface area contributed by atoms with Crippen LogP contribution in [0.5, 0.6) is 0 Å². The first kappa shape index (κ1) is 32.2. The summed E-state index contributed by atoms with van der Waals surface area (Å²) in [5, 5.41) is 17.5. The Kier molecular flexibility index (Phi) is 20.0. The Hall–Kier alpha value is -1.84. The van der Waals surface area contributed by atoms with Crippen molar-refractivity contribution in [1.82, 2.24) is 0 Å². The summed E-state index contributed by atoms with van der Waals surface area (Å²) in [5.74, 6) is -1.36. The fourth-order valence-corrected chi connectivity index (χ4v) is 5.16. The lowest BCUT2D eigenvalue weighted by molar-refractivity contribution is -0.138. The highest BCUT2D eigenvalue weighted by Crippen LogP contribution is 2.23. The first-order chi connectivity index (χ1) is 17.5. The molecule has 0 radical (unpaired) electrons. The Morgan fingerprint density at radius 2 is 0.889 bits per heavy atom. The van der Waals surface area contributed by atoms with Gasteiger partial charge in [0.1, 0.15) is 0 Å². The summed E-state index contributed by atoms with van der Waals surface area (Å²) >= 11 is 0. The Bertz CT molecular complexity index is 697. The van der Waals surface area contributed by atoms with E-state index in [-0.39, 0.29) is 0 Å². The van der Waals surface area contributed by atoms with Crippen molar-refractivity contribution in [3.05, 3.63) is 34.9 Å². The normalized spacial score (nSPS) is 11.1. The van der Waals surface area contributed by atoms with Gasteiger partial charge in [0.2, 0.25) is 0 Å². The standard InChI is InChI=1S/C32H54O4/c1-2-3-4-5-10-15-21-28-23-20-24-29(22-16-11-6-8-13-18-26-31(33)34)30(28)25-17-12-7-9-14-19-27-32(35)36/h20,23-24H,2-19,21-22,25-27H2,1H3,(H,33,34)(H,35,36). The quantitative estimate of drug-likeness (QED) is 0.131. The van der Waals surface area contributed by atoms with Crippen molar-refractivity contribution < 1.29 is 19.8 Å². The molecular formula is C32H54O4. The van der Waals surface area contributed by atoms with Crippen LogP contribution in [0.3, 0.4) is 0 Å². The minimum atomic E-state index is -0.679. The summed E-state index contributed by atoms with van der Waals surface area (Å²) in [6.45, 7) is 2.27. The zero-order valence-corrected chi connectivity index (χ0v) is 23.2. The van der Waals surface area contributed by atoms with Crippen molar-refractivity contribution in [2.45, 2.75) is 155 Å². The van der Waals surface area contributed by atoms with Crippen LogP contribution in [0, 0.1) is 0 Å². The van der Waals surface area contributed by atoms with Gasteiger partial charge in [-0.15, -0.1) is 0 Å². The second-order valence-electron chi connectivity index (χ2n) is 10.6. The molecule has 1 rings (SSSR count). The number of aliphatic carboxylic acids is 2. The Morgan fingerprint density at radius 1 is 0.528 bits per heavy atom. The molecule has 0 saturated carbocycles. The van der Waals surface area contributed by atoms with Gasteiger partial charge in [0.15, 0.2) is 0 Å². The summed E-state index contributed by atoms with van der Waals surface area (Å²) in [7, 11) is 0. The number of aryl methyl sites for hydroxylation is 2. The van der Waals surface area contributed by atoms with E-state index < -0.39 is 11.9 Å². The van der Waals surface area contributed by atoms with Crippen LogP contribution in [-0.2, 0) is 28.9 Å². The fourth-order valence-electron chi connectivity index (χ4n) is 5.16. The summed E-state index contributed by atoms with van der Waals surface area (Å²) in [5.41, 5.74) is 4.72. The van der Waals surface area contributed by atoms with Crippen molar-refractivity contribution in [3.8, 4) is 0 Å². The highest BCUT2D eigenvalue weighted by atomic mass is 16.4. The second kappa shape index (κ2) is 22.4. The van der Waals surface area contributed by atoms with Crippen LogP contribution in [0.15, 0.2) is 18.2 Å². The molecule has 1 aromatic rings. The molecular weight excluding hydrogens is 448 g/mol. The molecule has 4 heteroatoms. The molecule has 36 heavy (non-hydrogen) atoms. The van der Waals surface area contributed by atoms with E-state index in [2.05, 4.69) is 25.1 Å². The molecule has 0 aliphatic carbocycles. The lowest BCUT2D eigenvalue weighted by Gasteiger charge is -2.16. The number of unbranched alkanes of at least 4 members (excludes halogenated alkanes) is 15. The summed E-state index contributed by atoms with van der Waals surface area (Å²) < 4.78 is 0. The van der Waals surface area contributed by atoms with Crippen LogP contribution in [0.1, 0.15) is 152 Å². The van der Waals surface area contributed by atoms with Crippen LogP contribution < -0.4 is 0 Å². The van der Waals surface area contributed by atoms with E-state index in [4.69, 9.17) is 10.2 Å². The predicted molar refractivity (Wildman–Crippen MR) is 151 cm³/mol. The van der Waals surface area contributed by atoms with Crippen molar-refractivity contribution >= 4 is 11.9 Å². The Labute approximate surface area is 221 Å². The summed E-state index contributed by atoms with van der Waals surface area (Å²) in [6.07, 6.45) is 25.4. The maximum atomic E-state index is 10.7. The van der Waals surface area contributed by atoms with E-state index in [1.54, 1.807) is 16.7 Å². The third kappa shape index (κ3) is 17.6. The number of rotatable bonds is 25. The van der Waals surface area contributed by atoms with E-state index >= 15 is 0 Å². The predicted octanol–water partition coefficient (Wildman–Crippen LogP) is 9.31. The van der Waals surface area contributed by atoms with Gasteiger partial charge in [-0.1, -0.05) is 109 Å². The minimum Gasteiger partial charge on any atom is -0.481 e. The lowest BCUT2D eigenvalue weighted by atomic mass is 9.90. The maximum absolute atomic E-state index is 10.7. The first-order valence-corrected chi connectivity index (χ1v) is 15.1. The highest BCUT2D eigenvalue weighted by molar-refractivity contribution is 5.66. The number of carboxylic acid groups (broad SMARTS) is 2. The average Bonchev–Trinajstić information content (AvgIpc) is 2.85. The van der Waals surface area contributed by atoms with Gasteiger partial charge < -0.3 is 10.2 Å². The topological polar surface area (TPSA) is 74.6 Å². The van der Waals surface area contributed by atoms with Gasteiger partial charge in [0, 0.05) is 12.8 Å². The van der Waals surface area contributed by atoms with Gasteiger partial charge in [-0.05, 0) is 68.1 Å². The molecule has 0 heterocycles. The maximum Gasteiger partial charge on any atom is 0.303 e. The van der Waals surface area contributed by atoms with Gasteiger partial charge >= 0.3 is 11.9 Å². The molecule has 0 unspecified atom stereocenters. The third-order valence-corrected chi connectivity index (χ3v) is 7.32. The summed E-state index contributed by atoms with van der Waals surface area (Å²) in [4.78, 5) is 21.3. The van der Waals surface area contributed by atoms with E-state index in [1.165, 1.54) is 89.9 Å². The zero-order chi connectivity index (χ0) is 26.3. The molecule has 1 aromatic carbocycles. The molecule has 0 bridgehead atoms. The molecule has 0 saturated heterocycles. The molecule has 2 N–H and O–H groups in total. The van der Waals surface area contributed by atoms with Gasteiger partial charge in [-0.3, -0.25) is 9.59 Å². The number of carbonyl (C=O) groups is 2. The zero-order valence-electron chi connectivity index (χ0n) is 23.2. The van der Waals surface area contributed by atoms with Gasteiger partial charge in [-0.25, -0.2) is 0 Å². The SMILES string of the molecule is CCCCCCCCc1cccc(CCCCCCCCC(=O)O)c1CCCCCCCCC(=O)O. The van der Waals surface area contributed by atoms with Gasteiger partial charge in [0.05, 0.1) is 0 Å². The van der Waals surface area contributed by atoms with Crippen molar-refractivity contribution in [3.63, 3.8) is 0 Å². The van der Waals surface area contributed by atoms with Crippen LogP contribution in [0.4, 0.5) is 0 Å². The number of hydrogen-bond donors (Lipinski definition) is 2. The largest absolute Gasteiger partial charge is 0.481 e. The molecule has 4 nitrogen and oxygen atoms in total. The number of benzene rings is 1. The number of hydrogen-bond acceptors (Lipinski definition) is 2. The second-order valence-corrected chi connectivity index (χ2v) is 10.6. The average molecular weight is 503 g/mol. The highest BCUT2D eigenvalue weighted by Gasteiger charge is 2.09.